The molecule has 102 valence electrons. The summed E-state index contributed by atoms with van der Waals surface area (Å²) in [7, 11) is 0. The van der Waals surface area contributed by atoms with E-state index in [1.165, 1.54) is 0 Å². The first-order chi connectivity index (χ1) is 9.54. The van der Waals surface area contributed by atoms with Crippen LogP contribution in [0.4, 0.5) is 0 Å². The summed E-state index contributed by atoms with van der Waals surface area (Å²) in [5.41, 5.74) is 0. The van der Waals surface area contributed by atoms with Gasteiger partial charge in [0.15, 0.2) is 0 Å². The molecule has 0 saturated heterocycles. The molecule has 0 heterocycles. The van der Waals surface area contributed by atoms with E-state index in [0.717, 1.165) is 8.95 Å². The predicted molar refractivity (Wildman–Crippen MR) is 79.6 cm³/mol. The molecule has 2 aromatic carbocycles. The van der Waals surface area contributed by atoms with Crippen LogP contribution in [0.15, 0.2) is 57.5 Å². The Morgan fingerprint density at radius 2 is 0.950 bits per heavy atom. The molecule has 0 atom stereocenters. The van der Waals surface area contributed by atoms with Crippen molar-refractivity contribution in [2.24, 2.45) is 0 Å². The molecular formula is C14H8Br2O4. The molecule has 0 aliphatic heterocycles. The molecule has 2 aromatic rings. The van der Waals surface area contributed by atoms with Crippen molar-refractivity contribution in [1.29, 1.82) is 0 Å². The van der Waals surface area contributed by atoms with Crippen LogP contribution in [0.1, 0.15) is 0 Å². The van der Waals surface area contributed by atoms with Crippen molar-refractivity contribution in [3.05, 3.63) is 57.5 Å². The Kier molecular flexibility index (Phi) is 4.92. The van der Waals surface area contributed by atoms with Crippen molar-refractivity contribution in [2.45, 2.75) is 0 Å². The number of carbonyl (C=O) groups excluding carboxylic acids is 2. The second-order valence-corrected chi connectivity index (χ2v) is 5.52. The lowest BCUT2D eigenvalue weighted by Crippen LogP contribution is -2.25. The van der Waals surface area contributed by atoms with Crippen LogP contribution in [0.5, 0.6) is 11.5 Å². The Balaban J connectivity index is 1.96. The van der Waals surface area contributed by atoms with Crippen LogP contribution in [-0.4, -0.2) is 11.9 Å². The van der Waals surface area contributed by atoms with Gasteiger partial charge in [-0.05, 0) is 48.5 Å². The number of hydrogen-bond acceptors (Lipinski definition) is 4. The Hall–Kier alpha value is -1.66. The van der Waals surface area contributed by atoms with Crippen LogP contribution in [0.2, 0.25) is 0 Å². The van der Waals surface area contributed by atoms with Crippen molar-refractivity contribution in [3.63, 3.8) is 0 Å². The molecule has 0 spiro atoms. The van der Waals surface area contributed by atoms with Crippen LogP contribution in [-0.2, 0) is 9.59 Å². The van der Waals surface area contributed by atoms with E-state index in [9.17, 15) is 9.59 Å². The SMILES string of the molecule is O=C(Oc1ccc(Br)cc1)C(=O)Oc1ccc(Br)cc1. The summed E-state index contributed by atoms with van der Waals surface area (Å²) >= 11 is 6.51. The number of carbonyl (C=O) groups is 2. The monoisotopic (exact) mass is 398 g/mol. The van der Waals surface area contributed by atoms with E-state index >= 15 is 0 Å². The highest BCUT2D eigenvalue weighted by Crippen LogP contribution is 2.18. The molecule has 20 heavy (non-hydrogen) atoms. The maximum absolute atomic E-state index is 11.6. The first-order valence-corrected chi connectivity index (χ1v) is 7.08. The third-order valence-electron chi connectivity index (χ3n) is 2.22. The van der Waals surface area contributed by atoms with E-state index in [-0.39, 0.29) is 11.5 Å². The fourth-order valence-electron chi connectivity index (χ4n) is 1.30. The van der Waals surface area contributed by atoms with Gasteiger partial charge in [0, 0.05) is 8.95 Å². The minimum absolute atomic E-state index is 0.269. The molecule has 0 aliphatic carbocycles. The quantitative estimate of drug-likeness (QED) is 0.438. The summed E-state index contributed by atoms with van der Waals surface area (Å²) in [4.78, 5) is 23.1. The molecule has 0 amide bonds. The van der Waals surface area contributed by atoms with Gasteiger partial charge in [-0.1, -0.05) is 31.9 Å². The van der Waals surface area contributed by atoms with E-state index in [2.05, 4.69) is 31.9 Å². The summed E-state index contributed by atoms with van der Waals surface area (Å²) in [6, 6.07) is 13.0. The van der Waals surface area contributed by atoms with Crippen LogP contribution in [0.25, 0.3) is 0 Å². The second kappa shape index (κ2) is 6.67. The molecule has 6 heteroatoms. The van der Waals surface area contributed by atoms with Crippen molar-refractivity contribution >= 4 is 43.8 Å². The topological polar surface area (TPSA) is 52.6 Å². The van der Waals surface area contributed by atoms with Gasteiger partial charge in [-0.15, -0.1) is 0 Å². The van der Waals surface area contributed by atoms with Gasteiger partial charge in [0.05, 0.1) is 0 Å². The molecule has 0 bridgehead atoms. The first kappa shape index (κ1) is 14.7. The summed E-state index contributed by atoms with van der Waals surface area (Å²) in [6.45, 7) is 0. The third kappa shape index (κ3) is 4.18. The second-order valence-electron chi connectivity index (χ2n) is 3.69. The van der Waals surface area contributed by atoms with E-state index < -0.39 is 11.9 Å². The fraction of sp³-hybridized carbons (Fsp3) is 0. The Bertz CT molecular complexity index is 563. The van der Waals surface area contributed by atoms with Crippen molar-refractivity contribution < 1.29 is 19.1 Å². The highest BCUT2D eigenvalue weighted by atomic mass is 79.9. The lowest BCUT2D eigenvalue weighted by molar-refractivity contribution is -0.156. The zero-order valence-corrected chi connectivity index (χ0v) is 13.2. The summed E-state index contributed by atoms with van der Waals surface area (Å²) < 4.78 is 11.5. The maximum Gasteiger partial charge on any atom is 0.423 e. The number of benzene rings is 2. The first-order valence-electron chi connectivity index (χ1n) is 5.50. The van der Waals surface area contributed by atoms with E-state index in [0.29, 0.717) is 0 Å². The third-order valence-corrected chi connectivity index (χ3v) is 3.27. The van der Waals surface area contributed by atoms with Gasteiger partial charge in [-0.2, -0.15) is 0 Å². The van der Waals surface area contributed by atoms with Crippen molar-refractivity contribution in [3.8, 4) is 11.5 Å². The molecule has 0 aliphatic rings. The molecule has 0 fully saturated rings. The lowest BCUT2D eigenvalue weighted by atomic mass is 10.3. The largest absolute Gasteiger partial charge is 0.423 e. The van der Waals surface area contributed by atoms with Crippen LogP contribution >= 0.6 is 31.9 Å². The van der Waals surface area contributed by atoms with Crippen molar-refractivity contribution in [2.75, 3.05) is 0 Å². The van der Waals surface area contributed by atoms with Gasteiger partial charge in [-0.25, -0.2) is 9.59 Å². The molecular weight excluding hydrogens is 392 g/mol. The van der Waals surface area contributed by atoms with Gasteiger partial charge < -0.3 is 9.47 Å². The standard InChI is InChI=1S/C14H8Br2O4/c15-9-1-5-11(6-2-9)19-13(17)14(18)20-12-7-3-10(16)4-8-12/h1-8H. The summed E-state index contributed by atoms with van der Waals surface area (Å²) in [6.07, 6.45) is 0. The van der Waals surface area contributed by atoms with Gasteiger partial charge in [0.2, 0.25) is 0 Å². The number of esters is 2. The van der Waals surface area contributed by atoms with Crippen molar-refractivity contribution in [1.82, 2.24) is 0 Å². The van der Waals surface area contributed by atoms with Crippen LogP contribution in [0.3, 0.4) is 0 Å². The minimum Gasteiger partial charge on any atom is -0.418 e. The molecule has 2 rings (SSSR count). The summed E-state index contributed by atoms with van der Waals surface area (Å²) in [5, 5.41) is 0. The Morgan fingerprint density at radius 1 is 0.650 bits per heavy atom. The van der Waals surface area contributed by atoms with Gasteiger partial charge in [-0.3, -0.25) is 0 Å². The van der Waals surface area contributed by atoms with Gasteiger partial charge >= 0.3 is 11.9 Å². The van der Waals surface area contributed by atoms with E-state index in [4.69, 9.17) is 9.47 Å². The van der Waals surface area contributed by atoms with Gasteiger partial charge in [0.1, 0.15) is 11.5 Å². The average Bonchev–Trinajstić information content (AvgIpc) is 2.44. The van der Waals surface area contributed by atoms with Crippen LogP contribution in [0, 0.1) is 0 Å². The maximum atomic E-state index is 11.6. The molecule has 0 N–H and O–H groups in total. The van der Waals surface area contributed by atoms with E-state index in [1.54, 1.807) is 48.5 Å². The number of hydrogen-bond donors (Lipinski definition) is 0. The van der Waals surface area contributed by atoms with Crippen LogP contribution < -0.4 is 9.47 Å². The Labute approximate surface area is 132 Å². The number of halogens is 2. The molecule has 0 saturated carbocycles. The average molecular weight is 400 g/mol. The highest BCUT2D eigenvalue weighted by molar-refractivity contribution is 9.10. The minimum atomic E-state index is -1.07. The molecule has 0 aromatic heterocycles. The molecule has 0 unspecified atom stereocenters. The fourth-order valence-corrected chi connectivity index (χ4v) is 1.83. The smallest absolute Gasteiger partial charge is 0.418 e. The van der Waals surface area contributed by atoms with E-state index in [1.807, 2.05) is 0 Å². The Morgan fingerprint density at radius 3 is 1.25 bits per heavy atom. The lowest BCUT2D eigenvalue weighted by Gasteiger charge is -2.05. The predicted octanol–water partition coefficient (Wildman–Crippen LogP) is 3.72. The summed E-state index contributed by atoms with van der Waals surface area (Å²) in [5.74, 6) is -1.61. The molecule has 4 nitrogen and oxygen atoms in total. The highest BCUT2D eigenvalue weighted by Gasteiger charge is 2.19. The zero-order chi connectivity index (χ0) is 14.5. The molecule has 0 radical (unpaired) electrons. The zero-order valence-electron chi connectivity index (χ0n) is 10.0. The number of ether oxygens (including phenoxy) is 2. The van der Waals surface area contributed by atoms with Gasteiger partial charge in [0.25, 0.3) is 0 Å². The normalized spacial score (nSPS) is 9.90. The number of rotatable bonds is 2.